The quantitative estimate of drug-likeness (QED) is 0.409. The molecule has 0 amide bonds. The Hall–Kier alpha value is -1.16. The number of likely N-dealkylation sites (tertiary alicyclic amines) is 1. The average molecular weight is 491 g/mol. The Morgan fingerprint density at radius 3 is 2.21 bits per heavy atom. The SMILES string of the molecule is CN(C[C@H]1CC[C@H](COCCCCN2CCCC2)CC1)S(=O)(=O)c1ccc(C(F)(F)F)cc1. The van der Waals surface area contributed by atoms with Crippen LogP contribution in [0, 0.1) is 11.8 Å². The normalized spacial score (nSPS) is 22.8. The van der Waals surface area contributed by atoms with Gasteiger partial charge in [0.05, 0.1) is 10.5 Å². The summed E-state index contributed by atoms with van der Waals surface area (Å²) in [5, 5.41) is 0. The first kappa shape index (κ1) is 26.4. The number of alkyl halides is 3. The van der Waals surface area contributed by atoms with Crippen molar-refractivity contribution in [1.29, 1.82) is 0 Å². The number of halogens is 3. The van der Waals surface area contributed by atoms with Crippen LogP contribution in [0.4, 0.5) is 13.2 Å². The molecule has 0 N–H and O–H groups in total. The van der Waals surface area contributed by atoms with E-state index >= 15 is 0 Å². The lowest BCUT2D eigenvalue weighted by atomic mass is 9.82. The highest BCUT2D eigenvalue weighted by Gasteiger charge is 2.32. The molecule has 9 heteroatoms. The maximum absolute atomic E-state index is 12.8. The fraction of sp³-hybridized carbons (Fsp3) is 0.750. The maximum atomic E-state index is 12.8. The number of rotatable bonds is 11. The average Bonchev–Trinajstić information content (AvgIpc) is 3.30. The number of sulfonamides is 1. The molecule has 0 bridgehead atoms. The molecule has 1 heterocycles. The summed E-state index contributed by atoms with van der Waals surface area (Å²) in [5.74, 6) is 0.785. The lowest BCUT2D eigenvalue weighted by Gasteiger charge is -2.31. The van der Waals surface area contributed by atoms with E-state index in [2.05, 4.69) is 4.90 Å². The van der Waals surface area contributed by atoms with Gasteiger partial charge in [0.15, 0.2) is 0 Å². The van der Waals surface area contributed by atoms with Gasteiger partial charge in [0.2, 0.25) is 10.0 Å². The molecule has 2 aliphatic rings. The molecule has 2 fully saturated rings. The number of unbranched alkanes of at least 4 members (excludes halogenated alkanes) is 1. The van der Waals surface area contributed by atoms with Gasteiger partial charge in [0.1, 0.15) is 0 Å². The van der Waals surface area contributed by atoms with Crippen molar-refractivity contribution in [3.8, 4) is 0 Å². The molecule has 0 radical (unpaired) electrons. The van der Waals surface area contributed by atoms with Crippen LogP contribution in [-0.2, 0) is 20.9 Å². The first-order chi connectivity index (χ1) is 15.7. The highest BCUT2D eigenvalue weighted by Crippen LogP contribution is 2.32. The van der Waals surface area contributed by atoms with Crippen molar-refractivity contribution in [3.05, 3.63) is 29.8 Å². The van der Waals surface area contributed by atoms with Crippen molar-refractivity contribution in [1.82, 2.24) is 9.21 Å². The van der Waals surface area contributed by atoms with Crippen LogP contribution in [0.5, 0.6) is 0 Å². The van der Waals surface area contributed by atoms with Crippen LogP contribution in [0.15, 0.2) is 29.2 Å². The molecule has 1 aliphatic heterocycles. The van der Waals surface area contributed by atoms with E-state index in [4.69, 9.17) is 4.74 Å². The van der Waals surface area contributed by atoms with Crippen LogP contribution in [0.2, 0.25) is 0 Å². The standard InChI is InChI=1S/C24H37F3N2O3S/c1-28(33(30,31)23-12-10-22(11-13-23)24(25,26)27)18-20-6-8-21(9-7-20)19-32-17-5-4-16-29-14-2-3-15-29/h10-13,20-21H,2-9,14-19H2,1H3/t20-,21-. The van der Waals surface area contributed by atoms with Crippen molar-refractivity contribution in [2.24, 2.45) is 11.8 Å². The Morgan fingerprint density at radius 1 is 1.00 bits per heavy atom. The van der Waals surface area contributed by atoms with Gasteiger partial charge in [-0.05, 0) is 107 Å². The molecule has 1 saturated carbocycles. The van der Waals surface area contributed by atoms with Crippen LogP contribution in [0.3, 0.4) is 0 Å². The fourth-order valence-electron chi connectivity index (χ4n) is 4.83. The third kappa shape index (κ3) is 7.94. The molecule has 1 aromatic carbocycles. The van der Waals surface area contributed by atoms with Crippen LogP contribution in [-0.4, -0.2) is 64.1 Å². The highest BCUT2D eigenvalue weighted by molar-refractivity contribution is 7.89. The van der Waals surface area contributed by atoms with Crippen molar-refractivity contribution in [3.63, 3.8) is 0 Å². The molecule has 33 heavy (non-hydrogen) atoms. The van der Waals surface area contributed by atoms with Gasteiger partial charge in [-0.3, -0.25) is 0 Å². The lowest BCUT2D eigenvalue weighted by Crippen LogP contribution is -2.34. The van der Waals surface area contributed by atoms with E-state index in [0.29, 0.717) is 12.5 Å². The zero-order valence-electron chi connectivity index (χ0n) is 19.5. The van der Waals surface area contributed by atoms with Crippen LogP contribution in [0.1, 0.15) is 56.9 Å². The number of ether oxygens (including phenoxy) is 1. The number of nitrogens with zero attached hydrogens (tertiary/aromatic N) is 2. The predicted molar refractivity (Wildman–Crippen MR) is 122 cm³/mol. The van der Waals surface area contributed by atoms with Gasteiger partial charge in [-0.25, -0.2) is 12.7 Å². The number of benzene rings is 1. The second kappa shape index (κ2) is 12.0. The van der Waals surface area contributed by atoms with Crippen LogP contribution < -0.4 is 0 Å². The Balaban J connectivity index is 1.34. The number of hydrogen-bond donors (Lipinski definition) is 0. The van der Waals surface area contributed by atoms with Gasteiger partial charge in [-0.15, -0.1) is 0 Å². The third-order valence-corrected chi connectivity index (χ3v) is 8.77. The molecule has 0 aromatic heterocycles. The summed E-state index contributed by atoms with van der Waals surface area (Å²) in [6, 6.07) is 3.71. The highest BCUT2D eigenvalue weighted by atomic mass is 32.2. The van der Waals surface area contributed by atoms with Gasteiger partial charge in [-0.1, -0.05) is 0 Å². The predicted octanol–water partition coefficient (Wildman–Crippen LogP) is 5.02. The van der Waals surface area contributed by atoms with E-state index in [1.165, 1.54) is 50.2 Å². The van der Waals surface area contributed by atoms with Gasteiger partial charge in [0.25, 0.3) is 0 Å². The Kier molecular flexibility index (Phi) is 9.62. The van der Waals surface area contributed by atoms with Crippen molar-refractivity contribution >= 4 is 10.0 Å². The second-order valence-corrected chi connectivity index (χ2v) is 11.6. The summed E-state index contributed by atoms with van der Waals surface area (Å²) in [6.07, 6.45) is 4.38. The van der Waals surface area contributed by atoms with Crippen LogP contribution in [0.25, 0.3) is 0 Å². The lowest BCUT2D eigenvalue weighted by molar-refractivity contribution is -0.137. The van der Waals surface area contributed by atoms with E-state index in [1.807, 2.05) is 0 Å². The van der Waals surface area contributed by atoms with Gasteiger partial charge in [-0.2, -0.15) is 13.2 Å². The molecule has 3 rings (SSSR count). The third-order valence-electron chi connectivity index (χ3n) is 6.94. The van der Waals surface area contributed by atoms with Gasteiger partial charge >= 0.3 is 6.18 Å². The summed E-state index contributed by atoms with van der Waals surface area (Å²) in [4.78, 5) is 2.42. The minimum absolute atomic E-state index is 0.107. The zero-order valence-corrected chi connectivity index (χ0v) is 20.3. The first-order valence-corrected chi connectivity index (χ1v) is 13.5. The molecular formula is C24H37F3N2O3S. The van der Waals surface area contributed by atoms with Gasteiger partial charge in [0, 0.05) is 26.8 Å². The second-order valence-electron chi connectivity index (χ2n) is 9.53. The van der Waals surface area contributed by atoms with E-state index in [9.17, 15) is 21.6 Å². The fourth-order valence-corrected chi connectivity index (χ4v) is 6.08. The van der Waals surface area contributed by atoms with Crippen LogP contribution >= 0.6 is 0 Å². The molecule has 0 unspecified atom stereocenters. The Bertz CT molecular complexity index is 816. The smallest absolute Gasteiger partial charge is 0.381 e. The molecule has 1 saturated heterocycles. The summed E-state index contributed by atoms with van der Waals surface area (Å²) in [7, 11) is -2.30. The first-order valence-electron chi connectivity index (χ1n) is 12.1. The Morgan fingerprint density at radius 2 is 1.61 bits per heavy atom. The maximum Gasteiger partial charge on any atom is 0.416 e. The summed E-state index contributed by atoms with van der Waals surface area (Å²) < 4.78 is 70.9. The van der Waals surface area contributed by atoms with E-state index in [-0.39, 0.29) is 10.8 Å². The minimum atomic E-state index is -4.48. The van der Waals surface area contributed by atoms with E-state index < -0.39 is 21.8 Å². The van der Waals surface area contributed by atoms with Crippen molar-refractivity contribution < 1.29 is 26.3 Å². The Labute approximate surface area is 196 Å². The topological polar surface area (TPSA) is 49.9 Å². The molecule has 188 valence electrons. The number of hydrogen-bond acceptors (Lipinski definition) is 4. The van der Waals surface area contributed by atoms with E-state index in [1.54, 1.807) is 0 Å². The van der Waals surface area contributed by atoms with Crippen molar-refractivity contribution in [2.75, 3.05) is 46.4 Å². The summed E-state index contributed by atoms with van der Waals surface area (Å²) in [5.41, 5.74) is -0.851. The molecule has 1 aromatic rings. The monoisotopic (exact) mass is 490 g/mol. The van der Waals surface area contributed by atoms with Crippen molar-refractivity contribution in [2.45, 2.75) is 62.4 Å². The molecule has 5 nitrogen and oxygen atoms in total. The summed E-state index contributed by atoms with van der Waals surface area (Å²) >= 11 is 0. The molecule has 0 atom stereocenters. The molecule has 1 aliphatic carbocycles. The molecule has 0 spiro atoms. The minimum Gasteiger partial charge on any atom is -0.381 e. The van der Waals surface area contributed by atoms with Gasteiger partial charge < -0.3 is 9.64 Å². The van der Waals surface area contributed by atoms with E-state index in [0.717, 1.165) is 69.6 Å². The largest absolute Gasteiger partial charge is 0.416 e. The zero-order chi connectivity index (χ0) is 23.9. The molecular weight excluding hydrogens is 453 g/mol. The summed E-state index contributed by atoms with van der Waals surface area (Å²) in [6.45, 7) is 5.62.